The lowest BCUT2D eigenvalue weighted by Crippen LogP contribution is -2.33. The number of rotatable bonds is 3. The maximum Gasteiger partial charge on any atom is 0.310 e. The summed E-state index contributed by atoms with van der Waals surface area (Å²) in [5.74, 6) is -0.565. The quantitative estimate of drug-likeness (QED) is 0.848. The molecule has 5 heteroatoms. The van der Waals surface area contributed by atoms with Crippen LogP contribution in [0.2, 0.25) is 0 Å². The number of halogens is 1. The average molecular weight is 290 g/mol. The number of nitrogens with one attached hydrogen (secondary N) is 1. The molecule has 0 bridgehead atoms. The van der Waals surface area contributed by atoms with E-state index >= 15 is 0 Å². The van der Waals surface area contributed by atoms with Gasteiger partial charge in [-0.1, -0.05) is 31.7 Å². The zero-order valence-electron chi connectivity index (χ0n) is 11.9. The molecule has 1 heterocycles. The van der Waals surface area contributed by atoms with E-state index < -0.39 is 11.4 Å². The summed E-state index contributed by atoms with van der Waals surface area (Å²) < 4.78 is 13.7. The topological polar surface area (TPSA) is 66.0 Å². The van der Waals surface area contributed by atoms with Gasteiger partial charge in [0, 0.05) is 6.42 Å². The van der Waals surface area contributed by atoms with Crippen LogP contribution in [0.1, 0.15) is 44.3 Å². The first-order valence-electron chi connectivity index (χ1n) is 7.47. The highest BCUT2D eigenvalue weighted by molar-refractivity contribution is 5.77. The van der Waals surface area contributed by atoms with Gasteiger partial charge in [-0.05, 0) is 25.0 Å². The Kier molecular flexibility index (Phi) is 3.66. The van der Waals surface area contributed by atoms with Crippen LogP contribution in [0.25, 0.3) is 11.0 Å². The molecule has 1 aliphatic rings. The summed E-state index contributed by atoms with van der Waals surface area (Å²) >= 11 is 0. The molecule has 0 aliphatic heterocycles. The minimum Gasteiger partial charge on any atom is -0.481 e. The van der Waals surface area contributed by atoms with E-state index in [9.17, 15) is 14.3 Å². The van der Waals surface area contributed by atoms with Crippen LogP contribution in [0, 0.1) is 11.2 Å². The summed E-state index contributed by atoms with van der Waals surface area (Å²) in [6, 6.07) is 4.75. The van der Waals surface area contributed by atoms with E-state index in [0.717, 1.165) is 25.7 Å². The smallest absolute Gasteiger partial charge is 0.310 e. The molecule has 3 rings (SSSR count). The number of carbonyl (C=O) groups is 1. The third kappa shape index (κ3) is 2.64. The van der Waals surface area contributed by atoms with Crippen molar-refractivity contribution in [3.63, 3.8) is 0 Å². The number of aliphatic carboxylic acids is 1. The third-order valence-corrected chi connectivity index (χ3v) is 4.53. The number of carboxylic acids is 1. The van der Waals surface area contributed by atoms with Crippen molar-refractivity contribution >= 4 is 17.0 Å². The van der Waals surface area contributed by atoms with E-state index in [-0.39, 0.29) is 5.82 Å². The Labute approximate surface area is 122 Å². The number of benzene rings is 1. The maximum atomic E-state index is 13.7. The Morgan fingerprint density at radius 1 is 1.29 bits per heavy atom. The second-order valence-electron chi connectivity index (χ2n) is 6.00. The van der Waals surface area contributed by atoms with Crippen molar-refractivity contribution in [2.24, 2.45) is 5.41 Å². The molecule has 1 aromatic heterocycles. The van der Waals surface area contributed by atoms with Crippen molar-refractivity contribution in [2.75, 3.05) is 0 Å². The Hall–Kier alpha value is -1.91. The molecule has 21 heavy (non-hydrogen) atoms. The third-order valence-electron chi connectivity index (χ3n) is 4.53. The Morgan fingerprint density at radius 3 is 2.62 bits per heavy atom. The van der Waals surface area contributed by atoms with Crippen molar-refractivity contribution in [3.8, 4) is 0 Å². The Morgan fingerprint density at radius 2 is 2.00 bits per heavy atom. The summed E-state index contributed by atoms with van der Waals surface area (Å²) in [5, 5.41) is 9.69. The van der Waals surface area contributed by atoms with E-state index in [1.54, 1.807) is 12.1 Å². The number of imidazole rings is 1. The normalized spacial score (nSPS) is 18.5. The molecule has 0 unspecified atom stereocenters. The highest BCUT2D eigenvalue weighted by Gasteiger charge is 2.39. The average Bonchev–Trinajstić information content (AvgIpc) is 2.70. The van der Waals surface area contributed by atoms with E-state index in [1.165, 1.54) is 6.07 Å². The van der Waals surface area contributed by atoms with Crippen LogP contribution in [0.15, 0.2) is 18.2 Å². The molecular formula is C16H19FN2O2. The number of para-hydroxylation sites is 1. The molecule has 0 radical (unpaired) electrons. The summed E-state index contributed by atoms with van der Waals surface area (Å²) in [7, 11) is 0. The number of hydrogen-bond acceptors (Lipinski definition) is 2. The number of aromatic nitrogens is 2. The fraction of sp³-hybridized carbons (Fsp3) is 0.500. The van der Waals surface area contributed by atoms with Crippen LogP contribution in [0.3, 0.4) is 0 Å². The molecule has 1 fully saturated rings. The maximum absolute atomic E-state index is 13.7. The van der Waals surface area contributed by atoms with Gasteiger partial charge < -0.3 is 10.1 Å². The number of carboxylic acid groups (broad SMARTS) is 1. The highest BCUT2D eigenvalue weighted by atomic mass is 19.1. The largest absolute Gasteiger partial charge is 0.481 e. The number of hydrogen-bond donors (Lipinski definition) is 2. The van der Waals surface area contributed by atoms with Crippen LogP contribution in [0.5, 0.6) is 0 Å². The van der Waals surface area contributed by atoms with Gasteiger partial charge in [0.05, 0.1) is 10.9 Å². The molecule has 1 aromatic carbocycles. The Bertz CT molecular complexity index is 657. The molecule has 0 amide bonds. The predicted octanol–water partition coefficient (Wildman–Crippen LogP) is 3.67. The van der Waals surface area contributed by atoms with Crippen LogP contribution in [-0.4, -0.2) is 21.0 Å². The van der Waals surface area contributed by atoms with Gasteiger partial charge >= 0.3 is 5.97 Å². The lowest BCUT2D eigenvalue weighted by atomic mass is 9.77. The molecule has 0 atom stereocenters. The Balaban J connectivity index is 1.94. The molecule has 0 saturated heterocycles. The monoisotopic (exact) mass is 290 g/mol. The van der Waals surface area contributed by atoms with Gasteiger partial charge in [0.25, 0.3) is 0 Å². The van der Waals surface area contributed by atoms with Crippen LogP contribution in [0.4, 0.5) is 4.39 Å². The molecule has 2 N–H and O–H groups in total. The SMILES string of the molecule is O=C(O)C1(Cc2nc3c(F)cccc3[nH]2)CCCCCC1. The minimum atomic E-state index is -0.763. The number of H-pyrrole nitrogens is 1. The number of fused-ring (bicyclic) bond motifs is 1. The number of nitrogens with zero attached hydrogens (tertiary/aromatic N) is 1. The van der Waals surface area contributed by atoms with Crippen LogP contribution < -0.4 is 0 Å². The summed E-state index contributed by atoms with van der Waals surface area (Å²) in [6.45, 7) is 0. The van der Waals surface area contributed by atoms with Crippen LogP contribution >= 0.6 is 0 Å². The van der Waals surface area contributed by atoms with Gasteiger partial charge in [0.15, 0.2) is 5.82 Å². The summed E-state index contributed by atoms with van der Waals surface area (Å²) in [4.78, 5) is 19.1. The van der Waals surface area contributed by atoms with Gasteiger partial charge in [0.1, 0.15) is 11.3 Å². The van der Waals surface area contributed by atoms with E-state index in [2.05, 4.69) is 9.97 Å². The number of aromatic amines is 1. The van der Waals surface area contributed by atoms with Gasteiger partial charge in [-0.25, -0.2) is 9.37 Å². The van der Waals surface area contributed by atoms with Crippen molar-refractivity contribution in [2.45, 2.75) is 44.9 Å². The van der Waals surface area contributed by atoms with E-state index in [1.807, 2.05) is 0 Å². The molecule has 0 spiro atoms. The molecule has 2 aromatic rings. The van der Waals surface area contributed by atoms with E-state index in [4.69, 9.17) is 0 Å². The van der Waals surface area contributed by atoms with Gasteiger partial charge in [-0.2, -0.15) is 0 Å². The van der Waals surface area contributed by atoms with E-state index in [0.29, 0.717) is 36.1 Å². The van der Waals surface area contributed by atoms with Crippen molar-refractivity contribution in [1.29, 1.82) is 0 Å². The standard InChI is InChI=1S/C16H19FN2O2/c17-11-6-5-7-12-14(11)19-13(18-12)10-16(15(20)21)8-3-1-2-4-9-16/h5-7H,1-4,8-10H2,(H,18,19)(H,20,21). The fourth-order valence-electron chi connectivity index (χ4n) is 3.32. The van der Waals surface area contributed by atoms with Crippen molar-refractivity contribution < 1.29 is 14.3 Å². The highest BCUT2D eigenvalue weighted by Crippen LogP contribution is 2.38. The molecular weight excluding hydrogens is 271 g/mol. The zero-order valence-corrected chi connectivity index (χ0v) is 11.9. The molecule has 4 nitrogen and oxygen atoms in total. The molecule has 1 saturated carbocycles. The second kappa shape index (κ2) is 5.47. The first-order chi connectivity index (χ1) is 10.1. The van der Waals surface area contributed by atoms with Gasteiger partial charge in [-0.3, -0.25) is 4.79 Å². The van der Waals surface area contributed by atoms with Crippen molar-refractivity contribution in [1.82, 2.24) is 9.97 Å². The summed E-state index contributed by atoms with van der Waals surface area (Å²) in [5.41, 5.74) is 0.154. The first kappa shape index (κ1) is 14.0. The predicted molar refractivity (Wildman–Crippen MR) is 77.5 cm³/mol. The molecule has 1 aliphatic carbocycles. The lowest BCUT2D eigenvalue weighted by molar-refractivity contribution is -0.150. The van der Waals surface area contributed by atoms with Crippen molar-refractivity contribution in [3.05, 3.63) is 29.8 Å². The second-order valence-corrected chi connectivity index (χ2v) is 6.00. The minimum absolute atomic E-state index is 0.293. The van der Waals surface area contributed by atoms with Crippen LogP contribution in [-0.2, 0) is 11.2 Å². The first-order valence-corrected chi connectivity index (χ1v) is 7.47. The zero-order chi connectivity index (χ0) is 14.9. The lowest BCUT2D eigenvalue weighted by Gasteiger charge is -2.26. The van der Waals surface area contributed by atoms with Gasteiger partial charge in [0.2, 0.25) is 0 Å². The van der Waals surface area contributed by atoms with Gasteiger partial charge in [-0.15, -0.1) is 0 Å². The fourth-order valence-corrected chi connectivity index (χ4v) is 3.32. The summed E-state index contributed by atoms with van der Waals surface area (Å²) in [6.07, 6.45) is 5.72. The molecule has 112 valence electrons.